The summed E-state index contributed by atoms with van der Waals surface area (Å²) in [5, 5.41) is 10.6. The summed E-state index contributed by atoms with van der Waals surface area (Å²) in [6.45, 7) is 1.17. The molecule has 0 unspecified atom stereocenters. The SMILES string of the molecule is O=C(c1ccc(-n2nn[nH]c2=O)cc1)N1CCCO1. The highest BCUT2D eigenvalue weighted by molar-refractivity contribution is 5.93. The molecule has 8 nitrogen and oxygen atoms in total. The molecule has 1 aromatic carbocycles. The van der Waals surface area contributed by atoms with E-state index in [1.807, 2.05) is 0 Å². The largest absolute Gasteiger partial charge is 0.365 e. The second kappa shape index (κ2) is 4.65. The summed E-state index contributed by atoms with van der Waals surface area (Å²) in [6, 6.07) is 6.52. The minimum atomic E-state index is -0.429. The third-order valence-electron chi connectivity index (χ3n) is 2.81. The number of nitrogens with one attached hydrogen (secondary N) is 1. The van der Waals surface area contributed by atoms with E-state index >= 15 is 0 Å². The molecule has 3 rings (SSSR count). The zero-order valence-corrected chi connectivity index (χ0v) is 9.94. The van der Waals surface area contributed by atoms with Crippen molar-refractivity contribution in [2.75, 3.05) is 13.2 Å². The standard InChI is InChI=1S/C11H11N5O3/c17-10(15-6-1-7-19-15)8-2-4-9(5-3-8)16-11(18)12-13-14-16/h2-5H,1,6-7H2,(H,12,14,18). The number of amides is 1. The molecule has 8 heteroatoms. The Kier molecular flexibility index (Phi) is 2.84. The van der Waals surface area contributed by atoms with E-state index in [0.717, 1.165) is 11.1 Å². The molecule has 1 aliphatic heterocycles. The first-order valence-electron chi connectivity index (χ1n) is 5.81. The molecule has 1 fully saturated rings. The first-order valence-corrected chi connectivity index (χ1v) is 5.81. The Hall–Kier alpha value is -2.48. The zero-order chi connectivity index (χ0) is 13.2. The number of carbonyl (C=O) groups is 1. The number of aromatic amines is 1. The van der Waals surface area contributed by atoms with Crippen LogP contribution in [-0.4, -0.2) is 44.3 Å². The molecule has 19 heavy (non-hydrogen) atoms. The van der Waals surface area contributed by atoms with Gasteiger partial charge >= 0.3 is 5.69 Å². The van der Waals surface area contributed by atoms with E-state index in [2.05, 4.69) is 15.5 Å². The maximum atomic E-state index is 12.0. The highest BCUT2D eigenvalue weighted by Gasteiger charge is 2.20. The van der Waals surface area contributed by atoms with Gasteiger partial charge in [-0.2, -0.15) is 4.68 Å². The van der Waals surface area contributed by atoms with Crippen molar-refractivity contribution in [1.82, 2.24) is 25.3 Å². The molecule has 0 saturated carbocycles. The number of H-pyrrole nitrogens is 1. The van der Waals surface area contributed by atoms with Crippen LogP contribution in [0.4, 0.5) is 0 Å². The van der Waals surface area contributed by atoms with Gasteiger partial charge in [0.25, 0.3) is 5.91 Å². The maximum Gasteiger partial charge on any atom is 0.365 e. The van der Waals surface area contributed by atoms with E-state index < -0.39 is 5.69 Å². The van der Waals surface area contributed by atoms with Crippen molar-refractivity contribution in [2.45, 2.75) is 6.42 Å². The Morgan fingerprint density at radius 2 is 2.11 bits per heavy atom. The number of hydrogen-bond donors (Lipinski definition) is 1. The van der Waals surface area contributed by atoms with Crippen molar-refractivity contribution in [2.24, 2.45) is 0 Å². The zero-order valence-electron chi connectivity index (χ0n) is 9.94. The van der Waals surface area contributed by atoms with Gasteiger partial charge in [0.1, 0.15) is 0 Å². The van der Waals surface area contributed by atoms with E-state index in [0.29, 0.717) is 24.4 Å². The van der Waals surface area contributed by atoms with Gasteiger partial charge in [-0.1, -0.05) is 0 Å². The fraction of sp³-hybridized carbons (Fsp3) is 0.273. The van der Waals surface area contributed by atoms with Crippen LogP contribution in [0.1, 0.15) is 16.8 Å². The Balaban J connectivity index is 1.85. The van der Waals surface area contributed by atoms with E-state index in [1.54, 1.807) is 24.3 Å². The van der Waals surface area contributed by atoms with Crippen molar-refractivity contribution >= 4 is 5.91 Å². The maximum absolute atomic E-state index is 12.0. The molecular formula is C11H11N5O3. The molecule has 0 radical (unpaired) electrons. The van der Waals surface area contributed by atoms with Crippen LogP contribution in [-0.2, 0) is 4.84 Å². The third kappa shape index (κ3) is 2.13. The van der Waals surface area contributed by atoms with Crippen molar-refractivity contribution in [3.63, 3.8) is 0 Å². The molecular weight excluding hydrogens is 250 g/mol. The van der Waals surface area contributed by atoms with Crippen LogP contribution < -0.4 is 5.69 Å². The molecule has 1 saturated heterocycles. The molecule has 1 N–H and O–H groups in total. The third-order valence-corrected chi connectivity index (χ3v) is 2.81. The predicted molar refractivity (Wildman–Crippen MR) is 63.6 cm³/mol. The lowest BCUT2D eigenvalue weighted by Gasteiger charge is -2.13. The molecule has 1 aromatic heterocycles. The lowest BCUT2D eigenvalue weighted by Crippen LogP contribution is -2.26. The lowest BCUT2D eigenvalue weighted by molar-refractivity contribution is -0.0768. The van der Waals surface area contributed by atoms with E-state index in [-0.39, 0.29) is 5.91 Å². The second-order valence-corrected chi connectivity index (χ2v) is 4.06. The number of rotatable bonds is 2. The number of benzene rings is 1. The number of nitrogens with zero attached hydrogens (tertiary/aromatic N) is 4. The lowest BCUT2D eigenvalue weighted by atomic mass is 10.2. The molecule has 0 aliphatic carbocycles. The quantitative estimate of drug-likeness (QED) is 0.803. The van der Waals surface area contributed by atoms with Crippen molar-refractivity contribution in [3.05, 3.63) is 40.3 Å². The van der Waals surface area contributed by atoms with Crippen LogP contribution in [0.5, 0.6) is 0 Å². The number of carbonyl (C=O) groups excluding carboxylic acids is 1. The summed E-state index contributed by atoms with van der Waals surface area (Å²) < 4.78 is 1.11. The molecule has 1 amide bonds. The summed E-state index contributed by atoms with van der Waals surface area (Å²) >= 11 is 0. The van der Waals surface area contributed by atoms with Crippen LogP contribution in [0.2, 0.25) is 0 Å². The molecule has 98 valence electrons. The Labute approximate surface area is 107 Å². The predicted octanol–water partition coefficient (Wildman–Crippen LogP) is -0.267. The van der Waals surface area contributed by atoms with Crippen molar-refractivity contribution in [1.29, 1.82) is 0 Å². The first-order chi connectivity index (χ1) is 9.25. The van der Waals surface area contributed by atoms with Crippen LogP contribution in [0, 0.1) is 0 Å². The highest BCUT2D eigenvalue weighted by atomic mass is 16.7. The normalized spacial score (nSPS) is 14.8. The minimum Gasteiger partial charge on any atom is -0.271 e. The molecule has 0 atom stereocenters. The Bertz CT molecular complexity index is 639. The van der Waals surface area contributed by atoms with Crippen LogP contribution in [0.15, 0.2) is 29.1 Å². The summed E-state index contributed by atoms with van der Waals surface area (Å²) in [4.78, 5) is 28.5. The number of hydrogen-bond acceptors (Lipinski definition) is 5. The number of tetrazole rings is 1. The smallest absolute Gasteiger partial charge is 0.271 e. The highest BCUT2D eigenvalue weighted by Crippen LogP contribution is 2.13. The van der Waals surface area contributed by atoms with Crippen molar-refractivity contribution < 1.29 is 9.63 Å². The second-order valence-electron chi connectivity index (χ2n) is 4.06. The first kappa shape index (κ1) is 11.6. The molecule has 1 aliphatic rings. The molecule has 0 spiro atoms. The van der Waals surface area contributed by atoms with E-state index in [4.69, 9.17) is 4.84 Å². The van der Waals surface area contributed by atoms with Gasteiger partial charge in [0.2, 0.25) is 0 Å². The van der Waals surface area contributed by atoms with Gasteiger partial charge in [-0.25, -0.2) is 15.0 Å². The van der Waals surface area contributed by atoms with Gasteiger partial charge in [0.15, 0.2) is 0 Å². The van der Waals surface area contributed by atoms with Crippen LogP contribution in [0.25, 0.3) is 5.69 Å². The number of hydroxylamine groups is 2. The minimum absolute atomic E-state index is 0.184. The molecule has 2 heterocycles. The van der Waals surface area contributed by atoms with E-state index in [1.165, 1.54) is 5.06 Å². The van der Waals surface area contributed by atoms with Gasteiger partial charge in [-0.15, -0.1) is 0 Å². The topological polar surface area (TPSA) is 93.1 Å². The molecule has 2 aromatic rings. The average molecular weight is 261 g/mol. The number of aromatic nitrogens is 4. The van der Waals surface area contributed by atoms with Gasteiger partial charge in [-0.3, -0.25) is 9.63 Å². The van der Waals surface area contributed by atoms with Gasteiger partial charge in [0, 0.05) is 5.56 Å². The summed E-state index contributed by atoms with van der Waals surface area (Å²) in [5.74, 6) is -0.184. The fourth-order valence-electron chi connectivity index (χ4n) is 1.86. The fourth-order valence-corrected chi connectivity index (χ4v) is 1.86. The average Bonchev–Trinajstić information content (AvgIpc) is 3.09. The molecule has 0 bridgehead atoms. The summed E-state index contributed by atoms with van der Waals surface area (Å²) in [7, 11) is 0. The summed E-state index contributed by atoms with van der Waals surface area (Å²) in [5.41, 5.74) is 0.613. The van der Waals surface area contributed by atoms with Gasteiger partial charge < -0.3 is 0 Å². The Morgan fingerprint density at radius 3 is 2.68 bits per heavy atom. The summed E-state index contributed by atoms with van der Waals surface area (Å²) in [6.07, 6.45) is 0.845. The van der Waals surface area contributed by atoms with Crippen LogP contribution in [0.3, 0.4) is 0 Å². The Morgan fingerprint density at radius 1 is 1.32 bits per heavy atom. The van der Waals surface area contributed by atoms with E-state index in [9.17, 15) is 9.59 Å². The van der Waals surface area contributed by atoms with Gasteiger partial charge in [-0.05, 0) is 41.1 Å². The van der Waals surface area contributed by atoms with Crippen LogP contribution >= 0.6 is 0 Å². The monoisotopic (exact) mass is 261 g/mol. The van der Waals surface area contributed by atoms with Gasteiger partial charge in [0.05, 0.1) is 18.8 Å². The van der Waals surface area contributed by atoms with Crippen molar-refractivity contribution in [3.8, 4) is 5.69 Å².